The third kappa shape index (κ3) is 2.31. The van der Waals surface area contributed by atoms with E-state index in [4.69, 9.17) is 5.11 Å². The summed E-state index contributed by atoms with van der Waals surface area (Å²) < 4.78 is 0. The van der Waals surface area contributed by atoms with Gasteiger partial charge in [-0.25, -0.2) is 4.79 Å². The van der Waals surface area contributed by atoms with Crippen molar-refractivity contribution in [2.45, 2.75) is 27.7 Å². The first kappa shape index (κ1) is 14.4. The van der Waals surface area contributed by atoms with E-state index in [0.29, 0.717) is 0 Å². The van der Waals surface area contributed by atoms with Crippen molar-refractivity contribution in [1.82, 2.24) is 6.15 Å². The Labute approximate surface area is 96.4 Å². The summed E-state index contributed by atoms with van der Waals surface area (Å²) in [5, 5.41) is 8.91. The van der Waals surface area contributed by atoms with Crippen molar-refractivity contribution in [3.05, 3.63) is 40.5 Å². The molecule has 0 amide bonds. The molecule has 0 saturated carbocycles. The summed E-state index contributed by atoms with van der Waals surface area (Å²) in [5.41, 5.74) is 5.38. The minimum absolute atomic E-state index is 0. The standard InChI is InChI=1S/C13H16O2.H3N/c1-7-6-12(11(5)13(14)15)10(4)9(3)8(7)2;/h6H,5H2,1-4H3,(H,14,15);1H3. The smallest absolute Gasteiger partial charge is 0.335 e. The van der Waals surface area contributed by atoms with Crippen LogP contribution in [-0.4, -0.2) is 11.1 Å². The Morgan fingerprint density at radius 2 is 1.62 bits per heavy atom. The molecular weight excluding hydrogens is 202 g/mol. The number of aliphatic carboxylic acids is 1. The minimum atomic E-state index is -0.958. The summed E-state index contributed by atoms with van der Waals surface area (Å²) in [6.45, 7) is 11.6. The van der Waals surface area contributed by atoms with Crippen LogP contribution >= 0.6 is 0 Å². The topological polar surface area (TPSA) is 72.3 Å². The van der Waals surface area contributed by atoms with Crippen LogP contribution in [0.15, 0.2) is 12.6 Å². The highest BCUT2D eigenvalue weighted by Gasteiger charge is 2.13. The van der Waals surface area contributed by atoms with E-state index in [9.17, 15) is 4.79 Å². The van der Waals surface area contributed by atoms with Crippen LogP contribution in [0.2, 0.25) is 0 Å². The summed E-state index contributed by atoms with van der Waals surface area (Å²) in [6.07, 6.45) is 0. The molecule has 16 heavy (non-hydrogen) atoms. The van der Waals surface area contributed by atoms with Gasteiger partial charge < -0.3 is 11.3 Å². The largest absolute Gasteiger partial charge is 0.478 e. The molecule has 0 aliphatic carbocycles. The predicted octanol–water partition coefficient (Wildman–Crippen LogP) is 3.18. The lowest BCUT2D eigenvalue weighted by Crippen LogP contribution is -2.03. The molecule has 3 heteroatoms. The van der Waals surface area contributed by atoms with Crippen molar-refractivity contribution in [2.75, 3.05) is 0 Å². The molecule has 0 aliphatic rings. The molecule has 0 bridgehead atoms. The number of carbonyl (C=O) groups is 1. The summed E-state index contributed by atoms with van der Waals surface area (Å²) in [6, 6.07) is 1.90. The van der Waals surface area contributed by atoms with Crippen LogP contribution in [0.5, 0.6) is 0 Å². The van der Waals surface area contributed by atoms with Crippen molar-refractivity contribution in [3.63, 3.8) is 0 Å². The molecule has 1 aromatic carbocycles. The SMILES string of the molecule is C=C(C(=O)O)c1cc(C)c(C)c(C)c1C.N. The fraction of sp³-hybridized carbons (Fsp3) is 0.308. The first-order valence-corrected chi connectivity index (χ1v) is 4.86. The van der Waals surface area contributed by atoms with Crippen LogP contribution in [0, 0.1) is 27.7 Å². The zero-order chi connectivity index (χ0) is 11.7. The molecule has 0 aliphatic heterocycles. The van der Waals surface area contributed by atoms with Crippen molar-refractivity contribution >= 4 is 11.5 Å². The monoisotopic (exact) mass is 221 g/mol. The van der Waals surface area contributed by atoms with Gasteiger partial charge in [-0.2, -0.15) is 0 Å². The quantitative estimate of drug-likeness (QED) is 0.753. The molecule has 0 saturated heterocycles. The van der Waals surface area contributed by atoms with E-state index in [1.54, 1.807) is 0 Å². The lowest BCUT2D eigenvalue weighted by Gasteiger charge is -2.13. The van der Waals surface area contributed by atoms with Gasteiger partial charge in [0.15, 0.2) is 0 Å². The molecule has 0 unspecified atom stereocenters. The zero-order valence-electron chi connectivity index (χ0n) is 10.3. The summed E-state index contributed by atoms with van der Waals surface area (Å²) in [7, 11) is 0. The Kier molecular flexibility index (Phi) is 4.45. The molecule has 1 aromatic rings. The van der Waals surface area contributed by atoms with Crippen molar-refractivity contribution < 1.29 is 9.90 Å². The number of aryl methyl sites for hydroxylation is 1. The average molecular weight is 221 g/mol. The van der Waals surface area contributed by atoms with Gasteiger partial charge in [0.1, 0.15) is 0 Å². The Hall–Kier alpha value is -1.61. The van der Waals surface area contributed by atoms with Gasteiger partial charge in [0.2, 0.25) is 0 Å². The Morgan fingerprint density at radius 1 is 1.12 bits per heavy atom. The van der Waals surface area contributed by atoms with Crippen molar-refractivity contribution in [2.24, 2.45) is 0 Å². The lowest BCUT2D eigenvalue weighted by atomic mass is 9.91. The van der Waals surface area contributed by atoms with E-state index in [1.165, 1.54) is 5.56 Å². The van der Waals surface area contributed by atoms with Gasteiger partial charge in [0.05, 0.1) is 5.57 Å². The maximum absolute atomic E-state index is 10.9. The van der Waals surface area contributed by atoms with Gasteiger partial charge >= 0.3 is 5.97 Å². The number of carboxylic acid groups (broad SMARTS) is 1. The van der Waals surface area contributed by atoms with E-state index in [2.05, 4.69) is 6.58 Å². The number of hydrogen-bond donors (Lipinski definition) is 2. The number of carboxylic acids is 1. The van der Waals surface area contributed by atoms with Crippen LogP contribution < -0.4 is 6.15 Å². The van der Waals surface area contributed by atoms with Gasteiger partial charge in [-0.3, -0.25) is 0 Å². The number of benzene rings is 1. The maximum atomic E-state index is 10.9. The highest BCUT2D eigenvalue weighted by atomic mass is 16.4. The van der Waals surface area contributed by atoms with Crippen LogP contribution in [0.3, 0.4) is 0 Å². The molecule has 3 nitrogen and oxygen atoms in total. The van der Waals surface area contributed by atoms with Crippen molar-refractivity contribution in [1.29, 1.82) is 0 Å². The summed E-state index contributed by atoms with van der Waals surface area (Å²) >= 11 is 0. The fourth-order valence-corrected chi connectivity index (χ4v) is 1.64. The van der Waals surface area contributed by atoms with Crippen LogP contribution in [0.1, 0.15) is 27.8 Å². The van der Waals surface area contributed by atoms with E-state index < -0.39 is 5.97 Å². The summed E-state index contributed by atoms with van der Waals surface area (Å²) in [4.78, 5) is 10.9. The first-order chi connectivity index (χ1) is 6.86. The second-order valence-corrected chi connectivity index (χ2v) is 3.90. The highest BCUT2D eigenvalue weighted by Crippen LogP contribution is 2.25. The third-order valence-electron chi connectivity index (χ3n) is 3.06. The van der Waals surface area contributed by atoms with E-state index in [1.807, 2.05) is 33.8 Å². The van der Waals surface area contributed by atoms with E-state index >= 15 is 0 Å². The summed E-state index contributed by atoms with van der Waals surface area (Å²) in [5.74, 6) is -0.958. The molecule has 0 atom stereocenters. The second kappa shape index (κ2) is 4.94. The highest BCUT2D eigenvalue weighted by molar-refractivity contribution is 6.15. The van der Waals surface area contributed by atoms with Crippen LogP contribution in [0.25, 0.3) is 5.57 Å². The van der Waals surface area contributed by atoms with Gasteiger partial charge in [-0.1, -0.05) is 12.6 Å². The van der Waals surface area contributed by atoms with Gasteiger partial charge in [0, 0.05) is 0 Å². The Balaban J connectivity index is 0.00000225. The Bertz CT molecular complexity index is 448. The number of hydrogen-bond acceptors (Lipinski definition) is 2. The first-order valence-electron chi connectivity index (χ1n) is 4.86. The molecule has 0 heterocycles. The fourth-order valence-electron chi connectivity index (χ4n) is 1.64. The van der Waals surface area contributed by atoms with Gasteiger partial charge in [0.25, 0.3) is 0 Å². The van der Waals surface area contributed by atoms with E-state index in [0.717, 1.165) is 22.3 Å². The molecule has 0 aromatic heterocycles. The van der Waals surface area contributed by atoms with Crippen LogP contribution in [-0.2, 0) is 4.79 Å². The predicted molar refractivity (Wildman–Crippen MR) is 67.1 cm³/mol. The minimum Gasteiger partial charge on any atom is -0.478 e. The zero-order valence-corrected chi connectivity index (χ0v) is 10.3. The molecule has 88 valence electrons. The van der Waals surface area contributed by atoms with Gasteiger partial charge in [-0.05, 0) is 55.5 Å². The van der Waals surface area contributed by atoms with Gasteiger partial charge in [-0.15, -0.1) is 0 Å². The molecular formula is C13H19NO2. The molecule has 0 radical (unpaired) electrons. The number of rotatable bonds is 2. The third-order valence-corrected chi connectivity index (χ3v) is 3.06. The molecule has 1 rings (SSSR count). The maximum Gasteiger partial charge on any atom is 0.335 e. The molecule has 0 spiro atoms. The Morgan fingerprint density at radius 3 is 2.06 bits per heavy atom. The average Bonchev–Trinajstić information content (AvgIpc) is 2.19. The molecule has 4 N–H and O–H groups in total. The second-order valence-electron chi connectivity index (χ2n) is 3.90. The normalized spacial score (nSPS) is 9.50. The van der Waals surface area contributed by atoms with Crippen LogP contribution in [0.4, 0.5) is 0 Å². The molecule has 0 fully saturated rings. The lowest BCUT2D eigenvalue weighted by molar-refractivity contribution is -0.130. The van der Waals surface area contributed by atoms with Crippen molar-refractivity contribution in [3.8, 4) is 0 Å². The van der Waals surface area contributed by atoms with E-state index in [-0.39, 0.29) is 11.7 Å².